The Morgan fingerprint density at radius 1 is 1.35 bits per heavy atom. The molecule has 9 heteroatoms. The van der Waals surface area contributed by atoms with Gasteiger partial charge in [0.05, 0.1) is 12.8 Å². The van der Waals surface area contributed by atoms with Crippen molar-refractivity contribution < 1.29 is 22.7 Å². The summed E-state index contributed by atoms with van der Waals surface area (Å²) >= 11 is 0. The first-order valence-electron chi connectivity index (χ1n) is 7.39. The zero-order valence-corrected chi connectivity index (χ0v) is 12.6. The lowest BCUT2D eigenvalue weighted by molar-refractivity contribution is -0.173. The topological polar surface area (TPSA) is 67.3 Å². The lowest BCUT2D eigenvalue weighted by Crippen LogP contribution is -2.41. The molecule has 0 saturated carbocycles. The molecule has 2 heterocycles. The lowest BCUT2D eigenvalue weighted by Gasteiger charge is -2.31. The van der Waals surface area contributed by atoms with Crippen molar-refractivity contribution in [1.29, 1.82) is 0 Å². The molecule has 0 aromatic carbocycles. The summed E-state index contributed by atoms with van der Waals surface area (Å²) in [5.41, 5.74) is 0. The van der Waals surface area contributed by atoms with E-state index in [1.165, 1.54) is 0 Å². The second-order valence-electron chi connectivity index (χ2n) is 5.28. The number of ether oxygens (including phenoxy) is 1. The molecular formula is C14H19F3N4O2. The molecule has 1 aliphatic heterocycles. The van der Waals surface area contributed by atoms with Gasteiger partial charge in [-0.2, -0.15) is 13.2 Å². The molecule has 1 aromatic rings. The van der Waals surface area contributed by atoms with Crippen molar-refractivity contribution >= 4 is 11.7 Å². The van der Waals surface area contributed by atoms with Crippen molar-refractivity contribution in [2.45, 2.75) is 19.0 Å². The number of nitrogens with one attached hydrogen (secondary N) is 1. The van der Waals surface area contributed by atoms with E-state index >= 15 is 0 Å². The fourth-order valence-electron chi connectivity index (χ4n) is 2.40. The smallest absolute Gasteiger partial charge is 0.370 e. The summed E-state index contributed by atoms with van der Waals surface area (Å²) in [5.74, 6) is 0.511. The molecule has 1 amide bonds. The molecule has 0 unspecified atom stereocenters. The average Bonchev–Trinajstić information content (AvgIpc) is 2.54. The Morgan fingerprint density at radius 3 is 2.70 bits per heavy atom. The summed E-state index contributed by atoms with van der Waals surface area (Å²) in [4.78, 5) is 22.3. The number of aromatic nitrogens is 2. The number of alkyl halides is 3. The van der Waals surface area contributed by atoms with Gasteiger partial charge in [-0.1, -0.05) is 0 Å². The Balaban J connectivity index is 1.64. The van der Waals surface area contributed by atoms with Gasteiger partial charge >= 0.3 is 6.18 Å². The minimum Gasteiger partial charge on any atom is -0.370 e. The van der Waals surface area contributed by atoms with Gasteiger partial charge in [-0.25, -0.2) is 4.98 Å². The average molecular weight is 332 g/mol. The largest absolute Gasteiger partial charge is 0.411 e. The van der Waals surface area contributed by atoms with E-state index in [1.807, 2.05) is 0 Å². The van der Waals surface area contributed by atoms with Crippen molar-refractivity contribution in [1.82, 2.24) is 15.3 Å². The fourth-order valence-corrected chi connectivity index (χ4v) is 2.40. The van der Waals surface area contributed by atoms with Gasteiger partial charge in [-0.05, 0) is 12.8 Å². The first kappa shape index (κ1) is 17.5. The van der Waals surface area contributed by atoms with E-state index in [2.05, 4.69) is 24.9 Å². The highest BCUT2D eigenvalue weighted by Crippen LogP contribution is 2.21. The summed E-state index contributed by atoms with van der Waals surface area (Å²) in [6.45, 7) is 0.0328. The Labute approximate surface area is 132 Å². The van der Waals surface area contributed by atoms with E-state index in [0.717, 1.165) is 5.82 Å². The van der Waals surface area contributed by atoms with Gasteiger partial charge in [-0.3, -0.25) is 9.78 Å². The normalized spacial score (nSPS) is 16.4. The molecule has 0 radical (unpaired) electrons. The van der Waals surface area contributed by atoms with Crippen LogP contribution in [0.4, 0.5) is 19.0 Å². The molecule has 0 spiro atoms. The minimum atomic E-state index is -4.34. The number of halogens is 3. The standard InChI is InChI=1S/C14H19F3N4O2/c15-14(16,17)10-23-8-5-20-13(22)11-1-6-21(7-2-11)12-9-18-3-4-19-12/h3-4,9,11H,1-2,5-8,10H2,(H,20,22). The fraction of sp³-hybridized carbons (Fsp3) is 0.643. The van der Waals surface area contributed by atoms with Crippen LogP contribution in [0.3, 0.4) is 0 Å². The molecule has 0 bridgehead atoms. The minimum absolute atomic E-state index is 0.0826. The SMILES string of the molecule is O=C(NCCOCC(F)(F)F)C1CCN(c2cnccn2)CC1. The number of hydrogen-bond donors (Lipinski definition) is 1. The number of carbonyl (C=O) groups is 1. The van der Waals surface area contributed by atoms with Gasteiger partial charge in [0.1, 0.15) is 12.4 Å². The summed E-state index contributed by atoms with van der Waals surface area (Å²) in [7, 11) is 0. The van der Waals surface area contributed by atoms with E-state index in [9.17, 15) is 18.0 Å². The highest BCUT2D eigenvalue weighted by molar-refractivity contribution is 5.78. The predicted octanol–water partition coefficient (Wildman–Crippen LogP) is 1.39. The number of anilines is 1. The van der Waals surface area contributed by atoms with Gasteiger partial charge in [0.15, 0.2) is 0 Å². The monoisotopic (exact) mass is 332 g/mol. The third-order valence-corrected chi connectivity index (χ3v) is 3.55. The van der Waals surface area contributed by atoms with Gasteiger partial charge in [0, 0.05) is 37.9 Å². The third kappa shape index (κ3) is 6.01. The molecule has 128 valence electrons. The maximum absolute atomic E-state index is 12.0. The molecule has 1 saturated heterocycles. The highest BCUT2D eigenvalue weighted by Gasteiger charge is 2.28. The third-order valence-electron chi connectivity index (χ3n) is 3.55. The maximum atomic E-state index is 12.0. The number of amides is 1. The zero-order valence-electron chi connectivity index (χ0n) is 12.6. The first-order valence-corrected chi connectivity index (χ1v) is 7.39. The van der Waals surface area contributed by atoms with Crippen LogP contribution in [0.15, 0.2) is 18.6 Å². The van der Waals surface area contributed by atoms with Crippen LogP contribution in [0, 0.1) is 5.92 Å². The number of piperidine rings is 1. The Hall–Kier alpha value is -1.90. The van der Waals surface area contributed by atoms with Crippen LogP contribution in [-0.2, 0) is 9.53 Å². The van der Waals surface area contributed by atoms with E-state index in [1.54, 1.807) is 18.6 Å². The van der Waals surface area contributed by atoms with Crippen molar-refractivity contribution in [3.8, 4) is 0 Å². The van der Waals surface area contributed by atoms with Gasteiger partial charge in [-0.15, -0.1) is 0 Å². The zero-order chi connectivity index (χ0) is 16.7. The number of carbonyl (C=O) groups excluding carboxylic acids is 1. The molecule has 0 atom stereocenters. The molecular weight excluding hydrogens is 313 g/mol. The first-order chi connectivity index (χ1) is 11.0. The van der Waals surface area contributed by atoms with E-state index in [4.69, 9.17) is 0 Å². The summed E-state index contributed by atoms with van der Waals surface area (Å²) in [6, 6.07) is 0. The van der Waals surface area contributed by atoms with E-state index < -0.39 is 12.8 Å². The van der Waals surface area contributed by atoms with Crippen LogP contribution in [0.25, 0.3) is 0 Å². The van der Waals surface area contributed by atoms with Crippen molar-refractivity contribution in [2.75, 3.05) is 37.7 Å². The molecule has 2 rings (SSSR count). The predicted molar refractivity (Wildman–Crippen MR) is 76.9 cm³/mol. The van der Waals surface area contributed by atoms with Crippen LogP contribution >= 0.6 is 0 Å². The quantitative estimate of drug-likeness (QED) is 0.798. The van der Waals surface area contributed by atoms with Gasteiger partial charge < -0.3 is 15.0 Å². The molecule has 1 fully saturated rings. The summed E-state index contributed by atoms with van der Waals surface area (Å²) in [6.07, 6.45) is 1.91. The molecule has 1 aliphatic rings. The Bertz CT molecular complexity index is 491. The molecule has 6 nitrogen and oxygen atoms in total. The second-order valence-corrected chi connectivity index (χ2v) is 5.28. The number of nitrogens with zero attached hydrogens (tertiary/aromatic N) is 3. The van der Waals surface area contributed by atoms with Crippen LogP contribution in [0.5, 0.6) is 0 Å². The van der Waals surface area contributed by atoms with E-state index in [-0.39, 0.29) is 25.0 Å². The molecule has 23 heavy (non-hydrogen) atoms. The van der Waals surface area contributed by atoms with Crippen LogP contribution in [-0.4, -0.2) is 54.9 Å². The Kier molecular flexibility index (Phi) is 6.14. The molecule has 0 aliphatic carbocycles. The molecule has 1 N–H and O–H groups in total. The van der Waals surface area contributed by atoms with Crippen molar-refractivity contribution in [3.63, 3.8) is 0 Å². The highest BCUT2D eigenvalue weighted by atomic mass is 19.4. The van der Waals surface area contributed by atoms with E-state index in [0.29, 0.717) is 25.9 Å². The van der Waals surface area contributed by atoms with Crippen LogP contribution in [0.2, 0.25) is 0 Å². The maximum Gasteiger partial charge on any atom is 0.411 e. The number of rotatable bonds is 6. The van der Waals surface area contributed by atoms with Crippen molar-refractivity contribution in [2.24, 2.45) is 5.92 Å². The summed E-state index contributed by atoms with van der Waals surface area (Å²) < 4.78 is 40.1. The lowest BCUT2D eigenvalue weighted by atomic mass is 9.96. The molecule has 1 aromatic heterocycles. The summed E-state index contributed by atoms with van der Waals surface area (Å²) in [5, 5.41) is 2.62. The Morgan fingerprint density at radius 2 is 2.09 bits per heavy atom. The van der Waals surface area contributed by atoms with Gasteiger partial charge in [0.25, 0.3) is 0 Å². The van der Waals surface area contributed by atoms with Crippen molar-refractivity contribution in [3.05, 3.63) is 18.6 Å². The van der Waals surface area contributed by atoms with Crippen LogP contribution < -0.4 is 10.2 Å². The van der Waals surface area contributed by atoms with Crippen LogP contribution in [0.1, 0.15) is 12.8 Å². The van der Waals surface area contributed by atoms with Gasteiger partial charge in [0.2, 0.25) is 5.91 Å². The number of hydrogen-bond acceptors (Lipinski definition) is 5. The second kappa shape index (κ2) is 8.09.